The lowest BCUT2D eigenvalue weighted by molar-refractivity contribution is 0.397. The molecule has 0 fully saturated rings. The normalized spacial score (nSPS) is 12.1. The van der Waals surface area contributed by atoms with Crippen molar-refractivity contribution in [3.63, 3.8) is 0 Å². The van der Waals surface area contributed by atoms with Crippen molar-refractivity contribution in [3.05, 3.63) is 52.0 Å². The highest BCUT2D eigenvalue weighted by Crippen LogP contribution is 2.37. The van der Waals surface area contributed by atoms with Gasteiger partial charge in [-0.25, -0.2) is 0 Å². The predicted octanol–water partition coefficient (Wildman–Crippen LogP) is 4.78. The second-order valence-electron chi connectivity index (χ2n) is 5.13. The molecule has 0 aliphatic heterocycles. The third-order valence-corrected chi connectivity index (χ3v) is 3.94. The Hall–Kier alpha value is -1.71. The molecule has 3 nitrogen and oxygen atoms in total. The van der Waals surface area contributed by atoms with E-state index in [2.05, 4.69) is 0 Å². The smallest absolute Gasteiger partial charge is 0.135 e. The number of aryl methyl sites for hydroxylation is 2. The molecule has 112 valence electrons. The Morgan fingerprint density at radius 3 is 2.19 bits per heavy atom. The van der Waals surface area contributed by atoms with E-state index in [4.69, 9.17) is 26.8 Å². The van der Waals surface area contributed by atoms with Gasteiger partial charge in [0.2, 0.25) is 0 Å². The summed E-state index contributed by atoms with van der Waals surface area (Å²) in [6.07, 6.45) is 0. The lowest BCUT2D eigenvalue weighted by Gasteiger charge is -2.17. The van der Waals surface area contributed by atoms with Crippen LogP contribution in [0.3, 0.4) is 0 Å². The number of hydrogen-bond acceptors (Lipinski definition) is 3. The van der Waals surface area contributed by atoms with E-state index < -0.39 is 0 Å². The zero-order valence-electron chi connectivity index (χ0n) is 12.7. The number of hydrogen-bond donors (Lipinski definition) is 1. The number of nitrogens with two attached hydrogens (primary N) is 1. The number of rotatable bonds is 4. The zero-order valence-corrected chi connectivity index (χ0v) is 13.5. The van der Waals surface area contributed by atoms with Crippen molar-refractivity contribution in [1.82, 2.24) is 0 Å². The first kappa shape index (κ1) is 15.7. The van der Waals surface area contributed by atoms with Gasteiger partial charge in [-0.2, -0.15) is 0 Å². The molecular formula is C17H20ClNO2. The molecule has 0 spiro atoms. The molecule has 0 amide bonds. The van der Waals surface area contributed by atoms with Gasteiger partial charge in [-0.3, -0.25) is 0 Å². The molecule has 4 heteroatoms. The fraction of sp³-hybridized carbons (Fsp3) is 0.294. The first-order valence-electron chi connectivity index (χ1n) is 6.81. The van der Waals surface area contributed by atoms with Crippen molar-refractivity contribution in [2.24, 2.45) is 5.73 Å². The Balaban J connectivity index is 2.44. The monoisotopic (exact) mass is 305 g/mol. The van der Waals surface area contributed by atoms with Crippen LogP contribution in [0.2, 0.25) is 5.02 Å². The molecule has 2 aromatic rings. The molecule has 0 aliphatic rings. The molecule has 2 N–H and O–H groups in total. The van der Waals surface area contributed by atoms with E-state index in [1.54, 1.807) is 7.11 Å². The lowest BCUT2D eigenvalue weighted by atomic mass is 10.1. The maximum absolute atomic E-state index is 6.19. The maximum atomic E-state index is 6.19. The Morgan fingerprint density at radius 1 is 1.10 bits per heavy atom. The molecule has 0 bridgehead atoms. The van der Waals surface area contributed by atoms with Crippen LogP contribution in [-0.2, 0) is 0 Å². The number of halogens is 1. The molecule has 0 aromatic heterocycles. The van der Waals surface area contributed by atoms with Crippen LogP contribution in [0.25, 0.3) is 0 Å². The summed E-state index contributed by atoms with van der Waals surface area (Å²) in [5, 5.41) is 0.764. The molecular weight excluding hydrogens is 286 g/mol. The summed E-state index contributed by atoms with van der Waals surface area (Å²) < 4.78 is 11.4. The van der Waals surface area contributed by atoms with E-state index in [9.17, 15) is 0 Å². The van der Waals surface area contributed by atoms with Gasteiger partial charge >= 0.3 is 0 Å². The summed E-state index contributed by atoms with van der Waals surface area (Å²) in [5.41, 5.74) is 8.87. The quantitative estimate of drug-likeness (QED) is 0.884. The van der Waals surface area contributed by atoms with Gasteiger partial charge in [0.05, 0.1) is 12.7 Å². The Kier molecular flexibility index (Phi) is 4.76. The van der Waals surface area contributed by atoms with E-state index in [-0.39, 0.29) is 6.04 Å². The minimum absolute atomic E-state index is 0.189. The molecule has 0 radical (unpaired) electrons. The van der Waals surface area contributed by atoms with Crippen LogP contribution in [0.4, 0.5) is 0 Å². The third kappa shape index (κ3) is 3.31. The van der Waals surface area contributed by atoms with Crippen LogP contribution in [-0.4, -0.2) is 7.11 Å². The van der Waals surface area contributed by atoms with Crippen molar-refractivity contribution in [1.29, 1.82) is 0 Å². The number of ether oxygens (including phenoxy) is 2. The topological polar surface area (TPSA) is 44.5 Å². The number of benzene rings is 2. The minimum Gasteiger partial charge on any atom is -0.496 e. The summed E-state index contributed by atoms with van der Waals surface area (Å²) in [4.78, 5) is 0. The average Bonchev–Trinajstić information content (AvgIpc) is 2.44. The lowest BCUT2D eigenvalue weighted by Crippen LogP contribution is -2.08. The molecule has 0 saturated carbocycles. The first-order valence-corrected chi connectivity index (χ1v) is 7.19. The summed E-state index contributed by atoms with van der Waals surface area (Å²) in [5.74, 6) is 2.17. The van der Waals surface area contributed by atoms with E-state index in [1.807, 2.05) is 51.1 Å². The maximum Gasteiger partial charge on any atom is 0.135 e. The zero-order chi connectivity index (χ0) is 15.6. The minimum atomic E-state index is -0.189. The Labute approximate surface area is 130 Å². The van der Waals surface area contributed by atoms with Crippen molar-refractivity contribution in [2.45, 2.75) is 26.8 Å². The van der Waals surface area contributed by atoms with Crippen molar-refractivity contribution in [2.75, 3.05) is 7.11 Å². The summed E-state index contributed by atoms with van der Waals surface area (Å²) in [6, 6.07) is 9.30. The standard InChI is InChI=1S/C17H20ClNO2/c1-10-8-13(9-11(2)17(10)18)21-15-7-5-6-14(20-4)16(15)12(3)19/h5-9,12H,19H2,1-4H3. The average molecular weight is 306 g/mol. The highest BCUT2D eigenvalue weighted by Gasteiger charge is 2.15. The van der Waals surface area contributed by atoms with Crippen LogP contribution in [0, 0.1) is 13.8 Å². The Bertz CT molecular complexity index is 630. The van der Waals surface area contributed by atoms with Gasteiger partial charge in [-0.1, -0.05) is 17.7 Å². The molecule has 1 unspecified atom stereocenters. The molecule has 2 aromatic carbocycles. The van der Waals surface area contributed by atoms with Crippen molar-refractivity contribution in [3.8, 4) is 17.2 Å². The number of methoxy groups -OCH3 is 1. The first-order chi connectivity index (χ1) is 9.93. The van der Waals surface area contributed by atoms with Gasteiger partial charge in [-0.15, -0.1) is 0 Å². The molecule has 21 heavy (non-hydrogen) atoms. The fourth-order valence-corrected chi connectivity index (χ4v) is 2.44. The largest absolute Gasteiger partial charge is 0.496 e. The van der Waals surface area contributed by atoms with Crippen LogP contribution in [0.1, 0.15) is 29.7 Å². The predicted molar refractivity (Wildman–Crippen MR) is 86.6 cm³/mol. The third-order valence-electron chi connectivity index (χ3n) is 3.34. The van der Waals surface area contributed by atoms with E-state index in [0.29, 0.717) is 5.75 Å². The SMILES string of the molecule is COc1cccc(Oc2cc(C)c(Cl)c(C)c2)c1C(C)N. The molecule has 2 rings (SSSR count). The summed E-state index contributed by atoms with van der Waals surface area (Å²) in [6.45, 7) is 5.82. The highest BCUT2D eigenvalue weighted by molar-refractivity contribution is 6.32. The molecule has 0 aliphatic carbocycles. The van der Waals surface area contributed by atoms with E-state index in [1.165, 1.54) is 0 Å². The Morgan fingerprint density at radius 2 is 1.67 bits per heavy atom. The second kappa shape index (κ2) is 6.37. The van der Waals surface area contributed by atoms with Crippen LogP contribution in [0.5, 0.6) is 17.2 Å². The van der Waals surface area contributed by atoms with E-state index >= 15 is 0 Å². The summed E-state index contributed by atoms with van der Waals surface area (Å²) in [7, 11) is 1.63. The fourth-order valence-electron chi connectivity index (χ4n) is 2.33. The van der Waals surface area contributed by atoms with Gasteiger partial charge in [0.1, 0.15) is 17.2 Å². The molecule has 1 atom stereocenters. The van der Waals surface area contributed by atoms with Crippen LogP contribution >= 0.6 is 11.6 Å². The molecule has 0 saturated heterocycles. The molecule has 0 heterocycles. The van der Waals surface area contributed by atoms with Crippen molar-refractivity contribution < 1.29 is 9.47 Å². The van der Waals surface area contributed by atoms with Gasteiger partial charge in [0.25, 0.3) is 0 Å². The van der Waals surface area contributed by atoms with Crippen LogP contribution < -0.4 is 15.2 Å². The van der Waals surface area contributed by atoms with E-state index in [0.717, 1.165) is 33.2 Å². The van der Waals surface area contributed by atoms with Gasteiger partial charge in [-0.05, 0) is 56.2 Å². The van der Waals surface area contributed by atoms with Crippen molar-refractivity contribution >= 4 is 11.6 Å². The second-order valence-corrected chi connectivity index (χ2v) is 5.51. The highest BCUT2D eigenvalue weighted by atomic mass is 35.5. The van der Waals surface area contributed by atoms with Crippen LogP contribution in [0.15, 0.2) is 30.3 Å². The van der Waals surface area contributed by atoms with Gasteiger partial charge in [0.15, 0.2) is 0 Å². The summed E-state index contributed by atoms with van der Waals surface area (Å²) >= 11 is 6.19. The van der Waals surface area contributed by atoms with Gasteiger partial charge < -0.3 is 15.2 Å². The van der Waals surface area contributed by atoms with Gasteiger partial charge in [0, 0.05) is 11.1 Å².